The number of nitrogens with zero attached hydrogens (tertiary/aromatic N) is 2. The zero-order valence-corrected chi connectivity index (χ0v) is 12.3. The third-order valence-electron chi connectivity index (χ3n) is 4.84. The van der Waals surface area contributed by atoms with Gasteiger partial charge in [-0.25, -0.2) is 0 Å². The monoisotopic (exact) mass is 253 g/mol. The Kier molecular flexibility index (Phi) is 5.93. The van der Waals surface area contributed by atoms with Gasteiger partial charge in [0.05, 0.1) is 0 Å². The minimum absolute atomic E-state index is 0.791. The topological polar surface area (TPSA) is 18.5 Å². The Morgan fingerprint density at radius 3 is 2.50 bits per heavy atom. The highest BCUT2D eigenvalue weighted by molar-refractivity contribution is 4.88. The molecular weight excluding hydrogens is 222 g/mol. The fourth-order valence-corrected chi connectivity index (χ4v) is 3.60. The second-order valence-electron chi connectivity index (χ2n) is 5.90. The highest BCUT2D eigenvalue weighted by atomic mass is 15.2. The van der Waals surface area contributed by atoms with E-state index in [1.165, 1.54) is 71.5 Å². The Balaban J connectivity index is 1.91. The summed E-state index contributed by atoms with van der Waals surface area (Å²) >= 11 is 0. The van der Waals surface area contributed by atoms with Gasteiger partial charge in [0.25, 0.3) is 0 Å². The van der Waals surface area contributed by atoms with Crippen molar-refractivity contribution < 1.29 is 0 Å². The lowest BCUT2D eigenvalue weighted by atomic mass is 9.89. The first-order valence-electron chi connectivity index (χ1n) is 8.02. The van der Waals surface area contributed by atoms with E-state index in [9.17, 15) is 0 Å². The predicted molar refractivity (Wildman–Crippen MR) is 78.0 cm³/mol. The van der Waals surface area contributed by atoms with Gasteiger partial charge in [-0.2, -0.15) is 0 Å². The van der Waals surface area contributed by atoms with Crippen LogP contribution in [-0.4, -0.2) is 61.7 Å². The van der Waals surface area contributed by atoms with Gasteiger partial charge in [0, 0.05) is 19.1 Å². The van der Waals surface area contributed by atoms with E-state index < -0.39 is 0 Å². The maximum atomic E-state index is 3.61. The van der Waals surface area contributed by atoms with Crippen LogP contribution in [0.4, 0.5) is 0 Å². The lowest BCUT2D eigenvalue weighted by Crippen LogP contribution is -2.55. The van der Waals surface area contributed by atoms with Crippen LogP contribution in [0.2, 0.25) is 0 Å². The zero-order valence-electron chi connectivity index (χ0n) is 12.3. The van der Waals surface area contributed by atoms with Crippen LogP contribution in [0.15, 0.2) is 0 Å². The van der Waals surface area contributed by atoms with Gasteiger partial charge in [0.1, 0.15) is 0 Å². The molecule has 2 heterocycles. The van der Waals surface area contributed by atoms with Gasteiger partial charge < -0.3 is 10.2 Å². The van der Waals surface area contributed by atoms with Gasteiger partial charge in [0.2, 0.25) is 0 Å². The number of piperidine rings is 2. The Morgan fingerprint density at radius 1 is 1.11 bits per heavy atom. The molecule has 3 heteroatoms. The quantitative estimate of drug-likeness (QED) is 0.806. The molecule has 2 unspecified atom stereocenters. The number of nitrogens with one attached hydrogen (secondary N) is 1. The van der Waals surface area contributed by atoms with E-state index in [2.05, 4.69) is 29.0 Å². The van der Waals surface area contributed by atoms with Crippen LogP contribution in [0.1, 0.15) is 39.5 Å². The van der Waals surface area contributed by atoms with Crippen molar-refractivity contribution in [2.24, 2.45) is 5.92 Å². The number of hydrogen-bond acceptors (Lipinski definition) is 3. The summed E-state index contributed by atoms with van der Waals surface area (Å²) in [6.45, 7) is 13.4. The van der Waals surface area contributed by atoms with Crippen molar-refractivity contribution >= 4 is 0 Å². The molecule has 0 bridgehead atoms. The van der Waals surface area contributed by atoms with E-state index in [-0.39, 0.29) is 0 Å². The first-order valence-corrected chi connectivity index (χ1v) is 8.02. The Hall–Kier alpha value is -0.120. The molecule has 0 radical (unpaired) electrons. The van der Waals surface area contributed by atoms with Crippen molar-refractivity contribution in [3.05, 3.63) is 0 Å². The van der Waals surface area contributed by atoms with Crippen molar-refractivity contribution in [3.63, 3.8) is 0 Å². The Labute approximate surface area is 113 Å². The first-order chi connectivity index (χ1) is 8.85. The predicted octanol–water partition coefficient (Wildman–Crippen LogP) is 1.79. The number of rotatable bonds is 5. The van der Waals surface area contributed by atoms with Gasteiger partial charge in [-0.05, 0) is 57.9 Å². The summed E-state index contributed by atoms with van der Waals surface area (Å²) < 4.78 is 0. The van der Waals surface area contributed by atoms with Crippen molar-refractivity contribution in [3.8, 4) is 0 Å². The van der Waals surface area contributed by atoms with E-state index in [1.54, 1.807) is 0 Å². The Bertz CT molecular complexity index is 222. The second-order valence-corrected chi connectivity index (χ2v) is 5.90. The first kappa shape index (κ1) is 14.3. The Morgan fingerprint density at radius 2 is 1.83 bits per heavy atom. The highest BCUT2D eigenvalue weighted by Crippen LogP contribution is 2.23. The van der Waals surface area contributed by atoms with Crippen LogP contribution >= 0.6 is 0 Å². The summed E-state index contributed by atoms with van der Waals surface area (Å²) in [6, 6.07) is 0.791. The molecule has 0 amide bonds. The van der Waals surface area contributed by atoms with Crippen LogP contribution in [0, 0.1) is 5.92 Å². The van der Waals surface area contributed by atoms with Gasteiger partial charge in [-0.1, -0.05) is 20.3 Å². The molecule has 0 aromatic heterocycles. The fraction of sp³-hybridized carbons (Fsp3) is 1.00. The molecule has 2 saturated heterocycles. The van der Waals surface area contributed by atoms with E-state index in [0.717, 1.165) is 12.0 Å². The normalized spacial score (nSPS) is 30.8. The summed E-state index contributed by atoms with van der Waals surface area (Å²) in [7, 11) is 0. The van der Waals surface area contributed by atoms with Gasteiger partial charge in [-0.15, -0.1) is 0 Å². The minimum atomic E-state index is 0.791. The lowest BCUT2D eigenvalue weighted by Gasteiger charge is -2.43. The molecule has 2 atom stereocenters. The maximum Gasteiger partial charge on any atom is 0.0261 e. The lowest BCUT2D eigenvalue weighted by molar-refractivity contribution is 0.0737. The summed E-state index contributed by atoms with van der Waals surface area (Å²) in [5.74, 6) is 0.879. The number of likely N-dealkylation sites (tertiary alicyclic amines) is 1. The van der Waals surface area contributed by atoms with E-state index in [1.807, 2.05) is 0 Å². The van der Waals surface area contributed by atoms with Gasteiger partial charge in [-0.3, -0.25) is 4.90 Å². The molecule has 3 nitrogen and oxygen atoms in total. The van der Waals surface area contributed by atoms with E-state index in [0.29, 0.717) is 0 Å². The van der Waals surface area contributed by atoms with Gasteiger partial charge >= 0.3 is 0 Å². The maximum absolute atomic E-state index is 3.61. The molecule has 1 N–H and O–H groups in total. The van der Waals surface area contributed by atoms with Crippen molar-refractivity contribution in [1.82, 2.24) is 15.1 Å². The smallest absolute Gasteiger partial charge is 0.0261 e. The van der Waals surface area contributed by atoms with Crippen LogP contribution in [-0.2, 0) is 0 Å². The summed E-state index contributed by atoms with van der Waals surface area (Å²) in [6.07, 6.45) is 5.62. The molecular formula is C15H31N3. The minimum Gasteiger partial charge on any atom is -0.315 e. The summed E-state index contributed by atoms with van der Waals surface area (Å²) in [4.78, 5) is 5.37. The standard InChI is InChI=1S/C15H31N3/c1-3-17(4-2)13-14-8-9-16-12-15(14)18-10-6-5-7-11-18/h14-16H,3-13H2,1-2H3. The molecule has 2 aliphatic heterocycles. The van der Waals surface area contributed by atoms with Crippen LogP contribution in [0.5, 0.6) is 0 Å². The fourth-order valence-electron chi connectivity index (χ4n) is 3.60. The van der Waals surface area contributed by atoms with Crippen molar-refractivity contribution in [2.45, 2.75) is 45.6 Å². The molecule has 2 fully saturated rings. The average molecular weight is 253 g/mol. The molecule has 0 aromatic carbocycles. The van der Waals surface area contributed by atoms with Crippen molar-refractivity contribution in [2.75, 3.05) is 45.8 Å². The summed E-state index contributed by atoms with van der Waals surface area (Å²) in [5.41, 5.74) is 0. The SMILES string of the molecule is CCN(CC)CC1CCNCC1N1CCCCC1. The second kappa shape index (κ2) is 7.46. The molecule has 18 heavy (non-hydrogen) atoms. The molecule has 2 rings (SSSR count). The molecule has 0 aromatic rings. The highest BCUT2D eigenvalue weighted by Gasteiger charge is 2.31. The van der Waals surface area contributed by atoms with Crippen LogP contribution in [0.25, 0.3) is 0 Å². The molecule has 0 spiro atoms. The number of hydrogen-bond donors (Lipinski definition) is 1. The van der Waals surface area contributed by atoms with E-state index >= 15 is 0 Å². The summed E-state index contributed by atoms with van der Waals surface area (Å²) in [5, 5.41) is 3.61. The molecule has 0 aliphatic carbocycles. The van der Waals surface area contributed by atoms with Gasteiger partial charge in [0.15, 0.2) is 0 Å². The average Bonchev–Trinajstić information content (AvgIpc) is 2.46. The zero-order chi connectivity index (χ0) is 12.8. The van der Waals surface area contributed by atoms with Crippen molar-refractivity contribution in [1.29, 1.82) is 0 Å². The van der Waals surface area contributed by atoms with Crippen LogP contribution in [0.3, 0.4) is 0 Å². The molecule has 2 aliphatic rings. The largest absolute Gasteiger partial charge is 0.315 e. The molecule has 0 saturated carbocycles. The van der Waals surface area contributed by atoms with E-state index in [4.69, 9.17) is 0 Å². The third kappa shape index (κ3) is 3.69. The van der Waals surface area contributed by atoms with Crippen LogP contribution < -0.4 is 5.32 Å². The molecule has 106 valence electrons. The third-order valence-corrected chi connectivity index (χ3v) is 4.84.